The second-order valence-corrected chi connectivity index (χ2v) is 3.00. The molecule has 60 valence electrons. The molecule has 0 aromatic heterocycles. The molecule has 0 spiro atoms. The quantitative estimate of drug-likeness (QED) is 0.648. The summed E-state index contributed by atoms with van der Waals surface area (Å²) in [5.74, 6) is 0.645. The number of rotatable bonds is 2. The van der Waals surface area contributed by atoms with Crippen LogP contribution in [0.3, 0.4) is 0 Å². The highest BCUT2D eigenvalue weighted by Gasteiger charge is 1.97. The summed E-state index contributed by atoms with van der Waals surface area (Å²) in [6.45, 7) is 1.76. The zero-order valence-corrected chi connectivity index (χ0v) is 7.37. The molecular formula is C9H11FS. The Labute approximate surface area is 71.8 Å². The summed E-state index contributed by atoms with van der Waals surface area (Å²) < 4.78 is 12.9. The third-order valence-electron chi connectivity index (χ3n) is 1.64. The Morgan fingerprint density at radius 3 is 2.73 bits per heavy atom. The summed E-state index contributed by atoms with van der Waals surface area (Å²) >= 11 is 4.07. The van der Waals surface area contributed by atoms with Crippen LogP contribution in [0.15, 0.2) is 18.2 Å². The van der Waals surface area contributed by atoms with Gasteiger partial charge in [-0.3, -0.25) is 0 Å². The van der Waals surface area contributed by atoms with Gasteiger partial charge in [0.1, 0.15) is 5.82 Å². The van der Waals surface area contributed by atoms with Crippen molar-refractivity contribution in [2.24, 2.45) is 0 Å². The Morgan fingerprint density at radius 2 is 2.18 bits per heavy atom. The second-order valence-electron chi connectivity index (χ2n) is 2.56. The van der Waals surface area contributed by atoms with Gasteiger partial charge in [0.15, 0.2) is 0 Å². The van der Waals surface area contributed by atoms with E-state index < -0.39 is 0 Å². The fraction of sp³-hybridized carbons (Fsp3) is 0.333. The van der Waals surface area contributed by atoms with Crippen LogP contribution < -0.4 is 0 Å². The molecule has 0 nitrogen and oxygen atoms in total. The molecule has 1 aromatic carbocycles. The minimum atomic E-state index is -0.121. The number of halogens is 1. The van der Waals surface area contributed by atoms with Crippen molar-refractivity contribution in [2.45, 2.75) is 13.3 Å². The molecular weight excluding hydrogens is 159 g/mol. The Balaban J connectivity index is 2.86. The van der Waals surface area contributed by atoms with Crippen molar-refractivity contribution < 1.29 is 4.39 Å². The molecule has 0 N–H and O–H groups in total. The van der Waals surface area contributed by atoms with E-state index >= 15 is 0 Å². The van der Waals surface area contributed by atoms with Gasteiger partial charge in [0, 0.05) is 0 Å². The molecule has 0 aliphatic carbocycles. The van der Waals surface area contributed by atoms with Gasteiger partial charge in [-0.1, -0.05) is 12.1 Å². The van der Waals surface area contributed by atoms with Gasteiger partial charge in [-0.05, 0) is 36.3 Å². The summed E-state index contributed by atoms with van der Waals surface area (Å²) in [6, 6.07) is 5.31. The van der Waals surface area contributed by atoms with Crippen LogP contribution in [0.4, 0.5) is 4.39 Å². The van der Waals surface area contributed by atoms with Gasteiger partial charge in [-0.2, -0.15) is 12.6 Å². The Hall–Kier alpha value is -0.500. The van der Waals surface area contributed by atoms with Crippen molar-refractivity contribution in [3.8, 4) is 0 Å². The van der Waals surface area contributed by atoms with E-state index in [1.165, 1.54) is 0 Å². The molecule has 0 radical (unpaired) electrons. The number of aryl methyl sites for hydroxylation is 2. The summed E-state index contributed by atoms with van der Waals surface area (Å²) in [6.07, 6.45) is 0.834. The molecule has 0 amide bonds. The lowest BCUT2D eigenvalue weighted by atomic mass is 10.1. The van der Waals surface area contributed by atoms with E-state index in [2.05, 4.69) is 12.6 Å². The molecule has 0 aliphatic rings. The molecule has 0 fully saturated rings. The van der Waals surface area contributed by atoms with Crippen LogP contribution in [0, 0.1) is 12.7 Å². The molecule has 11 heavy (non-hydrogen) atoms. The largest absolute Gasteiger partial charge is 0.207 e. The van der Waals surface area contributed by atoms with Crippen LogP contribution in [-0.4, -0.2) is 5.75 Å². The fourth-order valence-electron chi connectivity index (χ4n) is 0.921. The Morgan fingerprint density at radius 1 is 1.45 bits per heavy atom. The summed E-state index contributed by atoms with van der Waals surface area (Å²) in [5, 5.41) is 0. The molecule has 1 rings (SSSR count). The van der Waals surface area contributed by atoms with Gasteiger partial charge in [0.05, 0.1) is 0 Å². The molecule has 2 heteroatoms. The molecule has 0 heterocycles. The minimum Gasteiger partial charge on any atom is -0.207 e. The van der Waals surface area contributed by atoms with E-state index in [1.807, 2.05) is 6.07 Å². The number of benzene rings is 1. The molecule has 0 unspecified atom stereocenters. The zero-order chi connectivity index (χ0) is 8.27. The normalized spacial score (nSPS) is 10.1. The monoisotopic (exact) mass is 170 g/mol. The first-order chi connectivity index (χ1) is 5.24. The van der Waals surface area contributed by atoms with Crippen molar-refractivity contribution in [3.05, 3.63) is 35.1 Å². The lowest BCUT2D eigenvalue weighted by Gasteiger charge is -1.99. The topological polar surface area (TPSA) is 0 Å². The number of hydrogen-bond donors (Lipinski definition) is 1. The maximum Gasteiger partial charge on any atom is 0.126 e. The SMILES string of the molecule is Cc1ccc(CCS)cc1F. The third-order valence-corrected chi connectivity index (χ3v) is 1.86. The molecule has 0 bridgehead atoms. The average Bonchev–Trinajstić information content (AvgIpc) is 1.98. The summed E-state index contributed by atoms with van der Waals surface area (Å²) in [5.41, 5.74) is 1.72. The molecule has 1 aromatic rings. The maximum atomic E-state index is 12.9. The standard InChI is InChI=1S/C9H11FS/c1-7-2-3-8(4-5-11)6-9(7)10/h2-3,6,11H,4-5H2,1H3. The highest BCUT2D eigenvalue weighted by molar-refractivity contribution is 7.80. The van der Waals surface area contributed by atoms with Gasteiger partial charge in [0.25, 0.3) is 0 Å². The predicted molar refractivity (Wildman–Crippen MR) is 48.7 cm³/mol. The molecule has 0 saturated carbocycles. The van der Waals surface area contributed by atoms with Gasteiger partial charge in [-0.15, -0.1) is 0 Å². The van der Waals surface area contributed by atoms with Crippen molar-refractivity contribution in [1.29, 1.82) is 0 Å². The molecule has 0 atom stereocenters. The van der Waals surface area contributed by atoms with Crippen LogP contribution in [0.5, 0.6) is 0 Å². The summed E-state index contributed by atoms with van der Waals surface area (Å²) in [7, 11) is 0. The first-order valence-electron chi connectivity index (χ1n) is 3.60. The van der Waals surface area contributed by atoms with Crippen molar-refractivity contribution in [2.75, 3.05) is 5.75 Å². The highest BCUT2D eigenvalue weighted by atomic mass is 32.1. The molecule has 0 saturated heterocycles. The van der Waals surface area contributed by atoms with Crippen LogP contribution in [0.1, 0.15) is 11.1 Å². The van der Waals surface area contributed by atoms with Crippen molar-refractivity contribution in [3.63, 3.8) is 0 Å². The first kappa shape index (κ1) is 8.60. The first-order valence-corrected chi connectivity index (χ1v) is 4.23. The van der Waals surface area contributed by atoms with Gasteiger partial charge in [-0.25, -0.2) is 4.39 Å². The second kappa shape index (κ2) is 3.77. The Kier molecular flexibility index (Phi) is 2.94. The zero-order valence-electron chi connectivity index (χ0n) is 6.47. The smallest absolute Gasteiger partial charge is 0.126 e. The van der Waals surface area contributed by atoms with Gasteiger partial charge < -0.3 is 0 Å². The van der Waals surface area contributed by atoms with E-state index in [1.54, 1.807) is 19.1 Å². The van der Waals surface area contributed by atoms with Crippen LogP contribution in [-0.2, 0) is 6.42 Å². The maximum absolute atomic E-state index is 12.9. The van der Waals surface area contributed by atoms with Crippen LogP contribution in [0.2, 0.25) is 0 Å². The number of thiol groups is 1. The molecule has 0 aliphatic heterocycles. The minimum absolute atomic E-state index is 0.121. The van der Waals surface area contributed by atoms with Crippen LogP contribution in [0.25, 0.3) is 0 Å². The van der Waals surface area contributed by atoms with E-state index in [4.69, 9.17) is 0 Å². The lowest BCUT2D eigenvalue weighted by Crippen LogP contribution is -1.89. The van der Waals surface area contributed by atoms with Gasteiger partial charge >= 0.3 is 0 Å². The van der Waals surface area contributed by atoms with Crippen molar-refractivity contribution in [1.82, 2.24) is 0 Å². The Bertz CT molecular complexity index is 245. The van der Waals surface area contributed by atoms with E-state index in [-0.39, 0.29) is 5.82 Å². The lowest BCUT2D eigenvalue weighted by molar-refractivity contribution is 0.616. The predicted octanol–water partition coefficient (Wildman–Crippen LogP) is 2.61. The highest BCUT2D eigenvalue weighted by Crippen LogP contribution is 2.09. The van der Waals surface area contributed by atoms with E-state index in [0.29, 0.717) is 5.56 Å². The fourth-order valence-corrected chi connectivity index (χ4v) is 1.18. The van der Waals surface area contributed by atoms with Crippen molar-refractivity contribution >= 4 is 12.6 Å². The van der Waals surface area contributed by atoms with E-state index in [9.17, 15) is 4.39 Å². The average molecular weight is 170 g/mol. The van der Waals surface area contributed by atoms with Crippen LogP contribution >= 0.6 is 12.6 Å². The van der Waals surface area contributed by atoms with Gasteiger partial charge in [0.2, 0.25) is 0 Å². The van der Waals surface area contributed by atoms with E-state index in [0.717, 1.165) is 17.7 Å². The summed E-state index contributed by atoms with van der Waals surface area (Å²) in [4.78, 5) is 0. The number of hydrogen-bond acceptors (Lipinski definition) is 1. The third kappa shape index (κ3) is 2.22.